The van der Waals surface area contributed by atoms with Gasteiger partial charge in [-0.1, -0.05) is 13.8 Å². The van der Waals surface area contributed by atoms with Gasteiger partial charge in [-0.3, -0.25) is 9.59 Å². The Morgan fingerprint density at radius 1 is 1.30 bits per heavy atom. The number of hydrogen-bond donors (Lipinski definition) is 2. The lowest BCUT2D eigenvalue weighted by Crippen LogP contribution is -2.55. The standard InChI is InChI=1S/C21H31N3O5S/c1-14(2)5-6-16(22-21(27)29-15-7-10-30-13-15)20(26)23-19-17(25)12-28-18(19)11-24-8-3-4-9-24/h7,10,13-14,16,18-19H,3-6,8-9,11-12H2,1-2H3,(H,22,27)(H,23,26)/t16-,18?,19?/m0/s1. The highest BCUT2D eigenvalue weighted by atomic mass is 32.1. The zero-order chi connectivity index (χ0) is 21.5. The molecule has 2 amide bonds. The van der Waals surface area contributed by atoms with Crippen LogP contribution in [0, 0.1) is 5.92 Å². The van der Waals surface area contributed by atoms with Crippen molar-refractivity contribution in [1.82, 2.24) is 15.5 Å². The van der Waals surface area contributed by atoms with Crippen molar-refractivity contribution in [2.45, 2.75) is 57.7 Å². The molecule has 1 aromatic rings. The average Bonchev–Trinajstić information content (AvgIpc) is 3.45. The van der Waals surface area contributed by atoms with E-state index in [1.807, 2.05) is 0 Å². The fraction of sp³-hybridized carbons (Fsp3) is 0.667. The van der Waals surface area contributed by atoms with Gasteiger partial charge in [0.05, 0.1) is 6.10 Å². The number of hydrogen-bond acceptors (Lipinski definition) is 7. The minimum Gasteiger partial charge on any atom is -0.409 e. The Kier molecular flexibility index (Phi) is 8.24. The number of ether oxygens (including phenoxy) is 2. The minimum absolute atomic E-state index is 0.00768. The van der Waals surface area contributed by atoms with Crippen LogP contribution in [0.25, 0.3) is 0 Å². The van der Waals surface area contributed by atoms with Crippen molar-refractivity contribution < 1.29 is 23.9 Å². The third-order valence-corrected chi connectivity index (χ3v) is 6.10. The van der Waals surface area contributed by atoms with Gasteiger partial charge in [-0.2, -0.15) is 0 Å². The molecule has 30 heavy (non-hydrogen) atoms. The smallest absolute Gasteiger partial charge is 0.409 e. The lowest BCUT2D eigenvalue weighted by atomic mass is 10.0. The van der Waals surface area contributed by atoms with Crippen LogP contribution in [-0.2, 0) is 14.3 Å². The Hall–Kier alpha value is -1.97. The van der Waals surface area contributed by atoms with Crippen LogP contribution in [0.15, 0.2) is 16.8 Å². The summed E-state index contributed by atoms with van der Waals surface area (Å²) >= 11 is 1.42. The predicted molar refractivity (Wildman–Crippen MR) is 114 cm³/mol. The molecule has 3 atom stereocenters. The van der Waals surface area contributed by atoms with Crippen LogP contribution in [0.5, 0.6) is 5.75 Å². The van der Waals surface area contributed by atoms with Crippen molar-refractivity contribution >= 4 is 29.1 Å². The van der Waals surface area contributed by atoms with E-state index in [1.54, 1.807) is 16.8 Å². The first-order chi connectivity index (χ1) is 14.4. The Balaban J connectivity index is 1.60. The Labute approximate surface area is 181 Å². The monoisotopic (exact) mass is 437 g/mol. The topological polar surface area (TPSA) is 97.0 Å². The van der Waals surface area contributed by atoms with Crippen LogP contribution in [0.4, 0.5) is 4.79 Å². The Bertz CT molecular complexity index is 718. The van der Waals surface area contributed by atoms with Gasteiger partial charge in [-0.15, -0.1) is 11.3 Å². The molecule has 2 unspecified atom stereocenters. The molecule has 166 valence electrons. The second-order valence-corrected chi connectivity index (χ2v) is 9.11. The summed E-state index contributed by atoms with van der Waals surface area (Å²) < 4.78 is 10.9. The summed E-state index contributed by atoms with van der Waals surface area (Å²) in [7, 11) is 0. The summed E-state index contributed by atoms with van der Waals surface area (Å²) in [4.78, 5) is 39.8. The second-order valence-electron chi connectivity index (χ2n) is 8.33. The van der Waals surface area contributed by atoms with Crippen molar-refractivity contribution in [3.63, 3.8) is 0 Å². The molecular weight excluding hydrogens is 406 g/mol. The minimum atomic E-state index is -0.778. The zero-order valence-electron chi connectivity index (χ0n) is 17.6. The third kappa shape index (κ3) is 6.52. The summed E-state index contributed by atoms with van der Waals surface area (Å²) in [6.45, 7) is 6.72. The van der Waals surface area contributed by atoms with E-state index in [-0.39, 0.29) is 24.4 Å². The number of nitrogens with zero attached hydrogens (tertiary/aromatic N) is 1. The first-order valence-corrected chi connectivity index (χ1v) is 11.5. The van der Waals surface area contributed by atoms with Crippen LogP contribution in [-0.4, -0.2) is 67.1 Å². The van der Waals surface area contributed by atoms with E-state index in [0.717, 1.165) is 32.4 Å². The number of Topliss-reactive ketones (excluding diaryl/α,β-unsaturated/α-hetero) is 1. The van der Waals surface area contributed by atoms with E-state index >= 15 is 0 Å². The fourth-order valence-electron chi connectivity index (χ4n) is 3.75. The molecule has 2 aliphatic rings. The number of rotatable bonds is 9. The molecule has 0 aromatic carbocycles. The van der Waals surface area contributed by atoms with Crippen LogP contribution in [0.1, 0.15) is 39.5 Å². The summed E-state index contributed by atoms with van der Waals surface area (Å²) in [5, 5.41) is 9.00. The number of likely N-dealkylation sites (tertiary alicyclic amines) is 1. The van der Waals surface area contributed by atoms with Crippen molar-refractivity contribution in [2.24, 2.45) is 5.92 Å². The molecule has 2 aliphatic heterocycles. The van der Waals surface area contributed by atoms with Gasteiger partial charge >= 0.3 is 6.09 Å². The number of ketones is 1. The highest BCUT2D eigenvalue weighted by Crippen LogP contribution is 2.18. The molecule has 9 heteroatoms. The number of carbonyl (C=O) groups excluding carboxylic acids is 3. The zero-order valence-corrected chi connectivity index (χ0v) is 18.4. The normalized spacial score (nSPS) is 23.0. The molecule has 2 fully saturated rings. The molecule has 2 saturated heterocycles. The van der Waals surface area contributed by atoms with Gasteiger partial charge in [0.15, 0.2) is 5.78 Å². The fourth-order valence-corrected chi connectivity index (χ4v) is 4.30. The van der Waals surface area contributed by atoms with Gasteiger partial charge in [-0.05, 0) is 56.1 Å². The molecular formula is C21H31N3O5S. The van der Waals surface area contributed by atoms with E-state index in [0.29, 0.717) is 24.6 Å². The average molecular weight is 438 g/mol. The number of carbonyl (C=O) groups is 3. The van der Waals surface area contributed by atoms with E-state index < -0.39 is 18.2 Å². The molecule has 0 bridgehead atoms. The van der Waals surface area contributed by atoms with Gasteiger partial charge in [0.1, 0.15) is 24.4 Å². The van der Waals surface area contributed by atoms with Gasteiger partial charge in [0.2, 0.25) is 5.91 Å². The van der Waals surface area contributed by atoms with E-state index in [9.17, 15) is 14.4 Å². The third-order valence-electron chi connectivity index (χ3n) is 5.44. The van der Waals surface area contributed by atoms with E-state index in [2.05, 4.69) is 29.4 Å². The molecule has 3 heterocycles. The first-order valence-electron chi connectivity index (χ1n) is 10.6. The predicted octanol–water partition coefficient (Wildman–Crippen LogP) is 2.19. The second kappa shape index (κ2) is 10.9. The summed E-state index contributed by atoms with van der Waals surface area (Å²) in [6.07, 6.45) is 2.46. The quantitative estimate of drug-likeness (QED) is 0.615. The number of amides is 2. The van der Waals surface area contributed by atoms with E-state index in [1.165, 1.54) is 11.3 Å². The molecule has 3 rings (SSSR count). The van der Waals surface area contributed by atoms with Gasteiger partial charge in [0.25, 0.3) is 0 Å². The lowest BCUT2D eigenvalue weighted by Gasteiger charge is -2.26. The van der Waals surface area contributed by atoms with Crippen molar-refractivity contribution in [2.75, 3.05) is 26.2 Å². The van der Waals surface area contributed by atoms with Crippen LogP contribution in [0.2, 0.25) is 0 Å². The first kappa shape index (κ1) is 22.7. The van der Waals surface area contributed by atoms with Crippen molar-refractivity contribution in [1.29, 1.82) is 0 Å². The summed E-state index contributed by atoms with van der Waals surface area (Å²) in [5.41, 5.74) is 0. The van der Waals surface area contributed by atoms with Gasteiger partial charge < -0.3 is 25.0 Å². The molecule has 8 nitrogen and oxygen atoms in total. The maximum absolute atomic E-state index is 13.0. The Morgan fingerprint density at radius 3 is 2.73 bits per heavy atom. The van der Waals surface area contributed by atoms with Gasteiger partial charge in [0, 0.05) is 11.9 Å². The maximum atomic E-state index is 13.0. The summed E-state index contributed by atoms with van der Waals surface area (Å²) in [5.74, 6) is 0.295. The van der Waals surface area contributed by atoms with Crippen molar-refractivity contribution in [3.8, 4) is 5.75 Å². The summed E-state index contributed by atoms with van der Waals surface area (Å²) in [6, 6.07) is 0.221. The molecule has 0 spiro atoms. The molecule has 0 aliphatic carbocycles. The highest BCUT2D eigenvalue weighted by Gasteiger charge is 2.39. The van der Waals surface area contributed by atoms with Crippen LogP contribution >= 0.6 is 11.3 Å². The molecule has 1 aromatic heterocycles. The molecule has 2 N–H and O–H groups in total. The number of nitrogens with one attached hydrogen (secondary N) is 2. The van der Waals surface area contributed by atoms with E-state index in [4.69, 9.17) is 9.47 Å². The van der Waals surface area contributed by atoms with Crippen LogP contribution in [0.3, 0.4) is 0 Å². The lowest BCUT2D eigenvalue weighted by molar-refractivity contribution is -0.127. The number of thiophene rings is 1. The highest BCUT2D eigenvalue weighted by molar-refractivity contribution is 7.08. The van der Waals surface area contributed by atoms with Crippen molar-refractivity contribution in [3.05, 3.63) is 16.8 Å². The largest absolute Gasteiger partial charge is 0.413 e. The maximum Gasteiger partial charge on any atom is 0.413 e. The SMILES string of the molecule is CC(C)CC[C@H](NC(=O)Oc1ccsc1)C(=O)NC1C(=O)COC1CN1CCCC1. The van der Waals surface area contributed by atoms with Crippen LogP contribution < -0.4 is 15.4 Å². The Morgan fingerprint density at radius 2 is 2.07 bits per heavy atom. The van der Waals surface area contributed by atoms with Gasteiger partial charge in [-0.25, -0.2) is 4.79 Å². The molecule has 0 radical (unpaired) electrons. The molecule has 0 saturated carbocycles.